The molecule has 0 rings (SSSR count). The van der Waals surface area contributed by atoms with Crippen LogP contribution < -0.4 is 54.4 Å². The second kappa shape index (κ2) is 62.4. The minimum absolute atomic E-state index is 0.0526. The van der Waals surface area contributed by atoms with Gasteiger partial charge in [-0.3, -0.25) is 38.4 Å². The zero-order valence-electron chi connectivity index (χ0n) is 48.6. The molecule has 0 spiro atoms. The Hall–Kier alpha value is -4.14. The Bertz CT molecular complexity index is 1650. The fourth-order valence-electron chi connectivity index (χ4n) is 5.98. The topological polar surface area (TPSA) is 419 Å². The van der Waals surface area contributed by atoms with Crippen molar-refractivity contribution in [1.29, 1.82) is 0 Å². The van der Waals surface area contributed by atoms with Gasteiger partial charge in [0.2, 0.25) is 47.3 Å². The number of amides is 8. The molecule has 3 atom stereocenters. The highest BCUT2D eigenvalue weighted by atomic mass is 32.1. The summed E-state index contributed by atoms with van der Waals surface area (Å²) >= 11 is 8.20. The summed E-state index contributed by atoms with van der Waals surface area (Å²) in [6.07, 6.45) is 1.10. The van der Waals surface area contributed by atoms with Crippen LogP contribution in [0.4, 0.5) is 0 Å². The molecule has 0 aliphatic heterocycles. The summed E-state index contributed by atoms with van der Waals surface area (Å²) in [4.78, 5) is 98.1. The first-order chi connectivity index (χ1) is 40.4. The monoisotopic (exact) mass is 1240 g/mol. The second-order valence-electron chi connectivity index (χ2n) is 16.8. The number of methoxy groups -OCH3 is 1. The number of unbranched alkanes of at least 4 members (excludes halogenated alkanes) is 1. The van der Waals surface area contributed by atoms with Crippen LogP contribution in [0.2, 0.25) is 0 Å². The van der Waals surface area contributed by atoms with Crippen molar-refractivity contribution in [1.82, 2.24) is 37.2 Å². The first-order valence-corrected chi connectivity index (χ1v) is 28.8. The van der Waals surface area contributed by atoms with Crippen molar-refractivity contribution in [3.8, 4) is 0 Å². The van der Waals surface area contributed by atoms with Gasteiger partial charge in [-0.25, -0.2) is 0 Å². The molecule has 0 fully saturated rings. The number of rotatable bonds is 60. The molecule has 13 N–H and O–H groups in total. The number of thiol groups is 2. The Balaban J connectivity index is 0. The van der Waals surface area contributed by atoms with Crippen molar-refractivity contribution in [2.45, 2.75) is 50.2 Å². The molecule has 0 heterocycles. The summed E-state index contributed by atoms with van der Waals surface area (Å²) in [6, 6.07) is -3.04. The van der Waals surface area contributed by atoms with Crippen LogP contribution in [0.3, 0.4) is 0 Å². The lowest BCUT2D eigenvalue weighted by Crippen LogP contribution is -2.55. The van der Waals surface area contributed by atoms with E-state index in [0.717, 1.165) is 0 Å². The van der Waals surface area contributed by atoms with E-state index >= 15 is 0 Å². The predicted octanol–water partition coefficient (Wildman–Crippen LogP) is -5.42. The van der Waals surface area contributed by atoms with E-state index in [-0.39, 0.29) is 115 Å². The van der Waals surface area contributed by atoms with Crippen molar-refractivity contribution in [2.75, 3.05) is 224 Å². The van der Waals surface area contributed by atoms with Gasteiger partial charge in [-0.15, -0.1) is 0 Å². The molecule has 0 aliphatic carbocycles. The Morgan fingerprint density at radius 1 is 0.373 bits per heavy atom. The highest BCUT2D eigenvalue weighted by Crippen LogP contribution is 2.04. The summed E-state index contributed by atoms with van der Waals surface area (Å²) in [5, 5.41) is 17.7. The molecule has 0 saturated heterocycles. The number of carbonyl (C=O) groups is 8. The summed E-state index contributed by atoms with van der Waals surface area (Å²) in [6.45, 7) is 8.35. The SMILES string of the molecule is CN.COCCOCCOCCOCCOCCOCCOCCOCCOCCC(=O)NCCCC[C@H](NC(=O)CNC(=O)CNC(=O)CN)C(=O)N[C@@H](CS)C(=O)NCCOCCOCCOCCOCCC(=O)N[C@@H](CS)C(N)=O. The van der Waals surface area contributed by atoms with Crippen molar-refractivity contribution in [2.24, 2.45) is 17.2 Å². The number of primary amides is 1. The normalized spacial score (nSPS) is 12.0. The number of hydrogen-bond acceptors (Lipinski definition) is 25. The van der Waals surface area contributed by atoms with Crippen LogP contribution in [0.5, 0.6) is 0 Å². The average molecular weight is 1240 g/mol. The molecule has 31 nitrogen and oxygen atoms in total. The van der Waals surface area contributed by atoms with Gasteiger partial charge in [-0.1, -0.05) is 0 Å². The standard InChI is InChI=1S/C49H93N9O21S2.CH5N/c1-67-12-13-71-20-21-75-26-27-77-30-31-79-33-32-78-29-28-76-25-23-72-17-14-68-9-5-42(59)52-7-3-2-4-39(56-46(63)36-55-45(62)35-54-44(61)34-50)49(66)58-41(38-81)48(65)53-8-11-70-16-19-74-24-22-73-18-15-69-10-6-43(60)57-40(37-80)47(51)64;1-2/h39-41,80-81H,2-38,50H2,1H3,(H2,51,64)(H,52,59)(H,53,65)(H,54,61)(H,55,62)(H,56,63)(H,57,60)(H,58,66);2H2,1H3/t39-,40-,41-;/m0./s1. The molecule has 33 heteroatoms. The highest BCUT2D eigenvalue weighted by Gasteiger charge is 2.26. The van der Waals surface area contributed by atoms with Gasteiger partial charge in [0.15, 0.2) is 0 Å². The van der Waals surface area contributed by atoms with E-state index in [1.807, 2.05) is 0 Å². The summed E-state index contributed by atoms with van der Waals surface area (Å²) < 4.78 is 70.2. The van der Waals surface area contributed by atoms with Crippen LogP contribution in [0, 0.1) is 0 Å². The fourth-order valence-corrected chi connectivity index (χ4v) is 6.51. The Morgan fingerprint density at radius 3 is 1.16 bits per heavy atom. The predicted molar refractivity (Wildman–Crippen MR) is 309 cm³/mol. The van der Waals surface area contributed by atoms with E-state index < -0.39 is 66.7 Å². The van der Waals surface area contributed by atoms with Crippen LogP contribution in [-0.2, 0) is 99.9 Å². The average Bonchev–Trinajstić information content (AvgIpc) is 3.48. The smallest absolute Gasteiger partial charge is 0.243 e. The van der Waals surface area contributed by atoms with Crippen molar-refractivity contribution >= 4 is 72.5 Å². The summed E-state index contributed by atoms with van der Waals surface area (Å²) in [5.41, 5.74) is 14.9. The third-order valence-electron chi connectivity index (χ3n) is 10.3. The zero-order valence-corrected chi connectivity index (χ0v) is 50.4. The number of ether oxygens (including phenoxy) is 13. The van der Waals surface area contributed by atoms with Gasteiger partial charge in [0, 0.05) is 44.5 Å². The molecule has 0 bridgehead atoms. The molecule has 486 valence electrons. The van der Waals surface area contributed by atoms with Crippen molar-refractivity contribution in [3.63, 3.8) is 0 Å². The van der Waals surface area contributed by atoms with E-state index in [9.17, 15) is 38.4 Å². The molecule has 0 saturated carbocycles. The Morgan fingerprint density at radius 2 is 0.747 bits per heavy atom. The summed E-state index contributed by atoms with van der Waals surface area (Å²) in [5.74, 6) is -4.40. The van der Waals surface area contributed by atoms with Crippen molar-refractivity contribution < 1.29 is 99.9 Å². The summed E-state index contributed by atoms with van der Waals surface area (Å²) in [7, 11) is 3.12. The zero-order chi connectivity index (χ0) is 61.7. The number of hydrogen-bond donors (Lipinski definition) is 12. The lowest BCUT2D eigenvalue weighted by Gasteiger charge is -2.22. The van der Waals surface area contributed by atoms with Gasteiger partial charge in [0.25, 0.3) is 0 Å². The van der Waals surface area contributed by atoms with Crippen LogP contribution in [0.25, 0.3) is 0 Å². The molecule has 0 radical (unpaired) electrons. The van der Waals surface area contributed by atoms with Crippen LogP contribution in [-0.4, -0.2) is 289 Å². The molecule has 0 aliphatic rings. The molecule has 0 unspecified atom stereocenters. The van der Waals surface area contributed by atoms with Gasteiger partial charge in [-0.05, 0) is 26.3 Å². The van der Waals surface area contributed by atoms with Crippen LogP contribution in [0.15, 0.2) is 0 Å². The number of nitrogens with two attached hydrogens (primary N) is 3. The Labute approximate surface area is 499 Å². The van der Waals surface area contributed by atoms with Gasteiger partial charge in [0.05, 0.1) is 185 Å². The molecule has 0 aromatic carbocycles. The minimum atomic E-state index is -1.13. The lowest BCUT2D eigenvalue weighted by molar-refractivity contribution is -0.132. The highest BCUT2D eigenvalue weighted by molar-refractivity contribution is 7.80. The fraction of sp³-hybridized carbons (Fsp3) is 0.840. The second-order valence-corrected chi connectivity index (χ2v) is 17.5. The quantitative estimate of drug-likeness (QED) is 0.0200. The van der Waals surface area contributed by atoms with E-state index in [1.165, 1.54) is 7.05 Å². The maximum atomic E-state index is 13.5. The molecule has 0 aromatic rings. The third kappa shape index (κ3) is 55.5. The lowest BCUT2D eigenvalue weighted by atomic mass is 10.1. The van der Waals surface area contributed by atoms with Crippen molar-refractivity contribution in [3.05, 3.63) is 0 Å². The van der Waals surface area contributed by atoms with Gasteiger partial charge >= 0.3 is 0 Å². The van der Waals surface area contributed by atoms with Gasteiger partial charge in [-0.2, -0.15) is 25.3 Å². The van der Waals surface area contributed by atoms with Crippen LogP contribution in [0.1, 0.15) is 32.1 Å². The van der Waals surface area contributed by atoms with Crippen LogP contribution >= 0.6 is 25.3 Å². The first-order valence-electron chi connectivity index (χ1n) is 27.6. The molecule has 83 heavy (non-hydrogen) atoms. The first kappa shape index (κ1) is 80.9. The largest absolute Gasteiger partial charge is 0.382 e. The maximum absolute atomic E-state index is 13.5. The van der Waals surface area contributed by atoms with E-state index in [0.29, 0.717) is 125 Å². The van der Waals surface area contributed by atoms with E-state index in [1.54, 1.807) is 7.11 Å². The van der Waals surface area contributed by atoms with E-state index in [4.69, 9.17) is 73.0 Å². The Kier molecular flexibility index (Phi) is 60.8. The van der Waals surface area contributed by atoms with Gasteiger partial charge < -0.3 is 116 Å². The number of carbonyl (C=O) groups excluding carboxylic acids is 8. The molecule has 0 aromatic heterocycles. The third-order valence-corrected chi connectivity index (χ3v) is 11.0. The molecular formula is C50H98N10O21S2. The number of nitrogens with one attached hydrogen (secondary N) is 7. The molecular weight excluding hydrogens is 1140 g/mol. The van der Waals surface area contributed by atoms with E-state index in [2.05, 4.69) is 68.2 Å². The maximum Gasteiger partial charge on any atom is 0.243 e. The minimum Gasteiger partial charge on any atom is -0.382 e. The molecule has 8 amide bonds. The van der Waals surface area contributed by atoms with Gasteiger partial charge in [0.1, 0.15) is 18.1 Å².